The third-order valence-corrected chi connectivity index (χ3v) is 2.74. The van der Waals surface area contributed by atoms with E-state index in [1.165, 1.54) is 0 Å². The summed E-state index contributed by atoms with van der Waals surface area (Å²) in [5, 5.41) is 11.7. The molecule has 82 valence electrons. The number of urea groups is 1. The SMILES string of the molecule is CCN(CCO)C(=O)NC1CC(C)C1. The molecular weight excluding hydrogens is 180 g/mol. The van der Waals surface area contributed by atoms with E-state index < -0.39 is 0 Å². The minimum atomic E-state index is -0.0431. The van der Waals surface area contributed by atoms with Crippen molar-refractivity contribution in [3.8, 4) is 0 Å². The molecule has 0 atom stereocenters. The van der Waals surface area contributed by atoms with E-state index in [-0.39, 0.29) is 12.6 Å². The quantitative estimate of drug-likeness (QED) is 0.705. The van der Waals surface area contributed by atoms with Gasteiger partial charge >= 0.3 is 6.03 Å². The zero-order valence-corrected chi connectivity index (χ0v) is 8.99. The average molecular weight is 200 g/mol. The van der Waals surface area contributed by atoms with Crippen LogP contribution in [0.3, 0.4) is 0 Å². The molecule has 0 aromatic rings. The van der Waals surface area contributed by atoms with E-state index in [4.69, 9.17) is 5.11 Å². The van der Waals surface area contributed by atoms with Crippen molar-refractivity contribution in [1.82, 2.24) is 10.2 Å². The Morgan fingerprint density at radius 3 is 2.64 bits per heavy atom. The van der Waals surface area contributed by atoms with Gasteiger partial charge in [0.1, 0.15) is 0 Å². The standard InChI is InChI=1S/C10H20N2O2/c1-3-12(4-5-13)10(14)11-9-6-8(2)7-9/h8-9,13H,3-7H2,1-2H3,(H,11,14). The van der Waals surface area contributed by atoms with Crippen LogP contribution in [0.25, 0.3) is 0 Å². The van der Waals surface area contributed by atoms with E-state index in [1.54, 1.807) is 4.90 Å². The maximum absolute atomic E-state index is 11.6. The molecule has 2 amide bonds. The Balaban J connectivity index is 2.25. The van der Waals surface area contributed by atoms with E-state index in [0.717, 1.165) is 18.8 Å². The predicted octanol–water partition coefficient (Wildman–Crippen LogP) is 0.809. The minimum Gasteiger partial charge on any atom is -0.395 e. The number of amides is 2. The van der Waals surface area contributed by atoms with E-state index in [2.05, 4.69) is 12.2 Å². The Bertz CT molecular complexity index is 191. The summed E-state index contributed by atoms with van der Waals surface area (Å²) in [5.74, 6) is 0.744. The monoisotopic (exact) mass is 200 g/mol. The largest absolute Gasteiger partial charge is 0.395 e. The van der Waals surface area contributed by atoms with Crippen molar-refractivity contribution in [3.05, 3.63) is 0 Å². The van der Waals surface area contributed by atoms with Gasteiger partial charge in [-0.2, -0.15) is 0 Å². The Labute approximate surface area is 85.3 Å². The molecule has 1 aliphatic carbocycles. The summed E-state index contributed by atoms with van der Waals surface area (Å²) in [7, 11) is 0. The average Bonchev–Trinajstić information content (AvgIpc) is 2.11. The van der Waals surface area contributed by atoms with Crippen molar-refractivity contribution in [1.29, 1.82) is 0 Å². The Morgan fingerprint density at radius 1 is 1.57 bits per heavy atom. The van der Waals surface area contributed by atoms with Crippen LogP contribution in [0.15, 0.2) is 0 Å². The van der Waals surface area contributed by atoms with Gasteiger partial charge in [-0.05, 0) is 25.7 Å². The van der Waals surface area contributed by atoms with E-state index in [0.29, 0.717) is 19.1 Å². The lowest BCUT2D eigenvalue weighted by Crippen LogP contribution is -2.49. The van der Waals surface area contributed by atoms with Crippen LogP contribution in [-0.2, 0) is 0 Å². The van der Waals surface area contributed by atoms with Crippen LogP contribution in [0.1, 0.15) is 26.7 Å². The molecule has 4 nitrogen and oxygen atoms in total. The highest BCUT2D eigenvalue weighted by Gasteiger charge is 2.27. The number of hydrogen-bond donors (Lipinski definition) is 2. The summed E-state index contributed by atoms with van der Waals surface area (Å²) < 4.78 is 0. The molecule has 0 aliphatic heterocycles. The van der Waals surface area contributed by atoms with Gasteiger partial charge in [-0.3, -0.25) is 0 Å². The molecule has 0 spiro atoms. The fourth-order valence-corrected chi connectivity index (χ4v) is 1.81. The third-order valence-electron chi connectivity index (χ3n) is 2.74. The molecule has 0 aromatic carbocycles. The fraction of sp³-hybridized carbons (Fsp3) is 0.900. The van der Waals surface area contributed by atoms with Crippen molar-refractivity contribution in [2.75, 3.05) is 19.7 Å². The Morgan fingerprint density at radius 2 is 2.21 bits per heavy atom. The molecule has 1 fully saturated rings. The summed E-state index contributed by atoms with van der Waals surface area (Å²) in [5.41, 5.74) is 0. The number of carbonyl (C=O) groups is 1. The van der Waals surface area contributed by atoms with Gasteiger partial charge in [-0.1, -0.05) is 6.92 Å². The van der Waals surface area contributed by atoms with Gasteiger partial charge in [0, 0.05) is 19.1 Å². The van der Waals surface area contributed by atoms with Gasteiger partial charge < -0.3 is 15.3 Å². The molecule has 14 heavy (non-hydrogen) atoms. The maximum atomic E-state index is 11.6. The number of nitrogens with zero attached hydrogens (tertiary/aromatic N) is 1. The lowest BCUT2D eigenvalue weighted by molar-refractivity contribution is 0.163. The highest BCUT2D eigenvalue weighted by atomic mass is 16.3. The van der Waals surface area contributed by atoms with Gasteiger partial charge in [-0.25, -0.2) is 4.79 Å². The molecule has 0 radical (unpaired) electrons. The van der Waals surface area contributed by atoms with Crippen LogP contribution in [0.2, 0.25) is 0 Å². The summed E-state index contributed by atoms with van der Waals surface area (Å²) in [4.78, 5) is 13.2. The predicted molar refractivity (Wildman–Crippen MR) is 55.1 cm³/mol. The van der Waals surface area contributed by atoms with Crippen molar-refractivity contribution in [3.63, 3.8) is 0 Å². The second-order valence-electron chi connectivity index (χ2n) is 4.03. The van der Waals surface area contributed by atoms with Crippen LogP contribution in [0, 0.1) is 5.92 Å². The first-order chi connectivity index (χ1) is 6.67. The summed E-state index contributed by atoms with van der Waals surface area (Å²) >= 11 is 0. The van der Waals surface area contributed by atoms with Crippen LogP contribution in [-0.4, -0.2) is 41.8 Å². The highest BCUT2D eigenvalue weighted by molar-refractivity contribution is 5.74. The van der Waals surface area contributed by atoms with Crippen LogP contribution in [0.5, 0.6) is 0 Å². The molecular formula is C10H20N2O2. The smallest absolute Gasteiger partial charge is 0.317 e. The highest BCUT2D eigenvalue weighted by Crippen LogP contribution is 2.26. The molecule has 0 heterocycles. The molecule has 2 N–H and O–H groups in total. The van der Waals surface area contributed by atoms with Crippen molar-refractivity contribution in [2.45, 2.75) is 32.7 Å². The number of carbonyl (C=O) groups excluding carboxylic acids is 1. The van der Waals surface area contributed by atoms with E-state index >= 15 is 0 Å². The van der Waals surface area contributed by atoms with Gasteiger partial charge in [-0.15, -0.1) is 0 Å². The number of hydrogen-bond acceptors (Lipinski definition) is 2. The van der Waals surface area contributed by atoms with Crippen LogP contribution >= 0.6 is 0 Å². The minimum absolute atomic E-state index is 0.0301. The Kier molecular flexibility index (Phi) is 4.20. The molecule has 4 heteroatoms. The molecule has 0 aromatic heterocycles. The lowest BCUT2D eigenvalue weighted by Gasteiger charge is -2.35. The first-order valence-electron chi connectivity index (χ1n) is 5.33. The molecule has 1 aliphatic rings. The van der Waals surface area contributed by atoms with Gasteiger partial charge in [0.25, 0.3) is 0 Å². The Hall–Kier alpha value is -0.770. The molecule has 1 saturated carbocycles. The number of aliphatic hydroxyl groups excluding tert-OH is 1. The van der Waals surface area contributed by atoms with Gasteiger partial charge in [0.2, 0.25) is 0 Å². The second kappa shape index (κ2) is 5.20. The van der Waals surface area contributed by atoms with Crippen molar-refractivity contribution in [2.24, 2.45) is 5.92 Å². The second-order valence-corrected chi connectivity index (χ2v) is 4.03. The van der Waals surface area contributed by atoms with Crippen molar-refractivity contribution < 1.29 is 9.90 Å². The summed E-state index contributed by atoms with van der Waals surface area (Å²) in [6.45, 7) is 5.20. The molecule has 1 rings (SSSR count). The summed E-state index contributed by atoms with van der Waals surface area (Å²) in [6.07, 6.45) is 2.17. The normalized spacial score (nSPS) is 25.4. The topological polar surface area (TPSA) is 52.6 Å². The van der Waals surface area contributed by atoms with Gasteiger partial charge in [0.05, 0.1) is 6.61 Å². The zero-order chi connectivity index (χ0) is 10.6. The molecule has 0 bridgehead atoms. The van der Waals surface area contributed by atoms with E-state index in [9.17, 15) is 4.79 Å². The number of aliphatic hydroxyl groups is 1. The van der Waals surface area contributed by atoms with E-state index in [1.807, 2.05) is 6.92 Å². The van der Waals surface area contributed by atoms with Crippen LogP contribution in [0.4, 0.5) is 4.79 Å². The first kappa shape index (κ1) is 11.3. The first-order valence-corrected chi connectivity index (χ1v) is 5.33. The van der Waals surface area contributed by atoms with Gasteiger partial charge in [0.15, 0.2) is 0 Å². The zero-order valence-electron chi connectivity index (χ0n) is 8.99. The number of nitrogens with one attached hydrogen (secondary N) is 1. The summed E-state index contributed by atoms with van der Waals surface area (Å²) in [6, 6.07) is 0.309. The van der Waals surface area contributed by atoms with Crippen molar-refractivity contribution >= 4 is 6.03 Å². The maximum Gasteiger partial charge on any atom is 0.317 e. The molecule has 0 saturated heterocycles. The third kappa shape index (κ3) is 2.87. The lowest BCUT2D eigenvalue weighted by atomic mass is 9.82. The van der Waals surface area contributed by atoms with Crippen LogP contribution < -0.4 is 5.32 Å². The molecule has 0 unspecified atom stereocenters. The number of rotatable bonds is 4. The number of likely N-dealkylation sites (N-methyl/N-ethyl adjacent to an activating group) is 1. The fourth-order valence-electron chi connectivity index (χ4n) is 1.81.